The van der Waals surface area contributed by atoms with E-state index in [0.29, 0.717) is 10.0 Å². The van der Waals surface area contributed by atoms with Gasteiger partial charge in [0.1, 0.15) is 11.3 Å². The van der Waals surface area contributed by atoms with Gasteiger partial charge in [-0.2, -0.15) is 0 Å². The third-order valence-corrected chi connectivity index (χ3v) is 2.22. The number of rotatable bonds is 3. The quantitative estimate of drug-likeness (QED) is 0.768. The van der Waals surface area contributed by atoms with Crippen LogP contribution in [0.3, 0.4) is 0 Å². The van der Waals surface area contributed by atoms with Crippen molar-refractivity contribution in [2.45, 2.75) is 6.42 Å². The Labute approximate surface area is 88.9 Å². The van der Waals surface area contributed by atoms with Gasteiger partial charge in [-0.3, -0.25) is 0 Å². The van der Waals surface area contributed by atoms with Crippen molar-refractivity contribution in [3.8, 4) is 5.75 Å². The molecule has 1 rings (SSSR count). The van der Waals surface area contributed by atoms with Gasteiger partial charge in [0.25, 0.3) is 0 Å². The number of aliphatic hydroxyl groups excluding tert-OH is 1. The van der Waals surface area contributed by atoms with Crippen LogP contribution in [0.1, 0.15) is 15.9 Å². The predicted octanol–water partition coefficient (Wildman–Crippen LogP) is 1.39. The van der Waals surface area contributed by atoms with E-state index in [9.17, 15) is 9.90 Å². The summed E-state index contributed by atoms with van der Waals surface area (Å²) in [7, 11) is 0. The number of phenols is 1. The summed E-state index contributed by atoms with van der Waals surface area (Å²) in [6.07, 6.45) is 0.228. The number of benzene rings is 1. The molecule has 1 aromatic rings. The van der Waals surface area contributed by atoms with Crippen LogP contribution in [0.5, 0.6) is 5.75 Å². The second kappa shape index (κ2) is 4.43. The number of halogens is 1. The fraction of sp³-hybridized carbons (Fsp3) is 0.222. The molecule has 0 aliphatic rings. The van der Waals surface area contributed by atoms with Gasteiger partial charge < -0.3 is 15.3 Å². The molecule has 0 atom stereocenters. The molecule has 76 valence electrons. The molecule has 0 saturated heterocycles. The maximum absolute atomic E-state index is 10.7. The standard InChI is InChI=1S/C9H9BrO4/c10-6-3-5(1-2-11)8(12)7(4-6)9(13)14/h3-4,11-12H,1-2H2,(H,13,14). The molecule has 5 heteroatoms. The smallest absolute Gasteiger partial charge is 0.339 e. The van der Waals surface area contributed by atoms with Crippen LogP contribution in [0.4, 0.5) is 0 Å². The molecule has 14 heavy (non-hydrogen) atoms. The fourth-order valence-corrected chi connectivity index (χ4v) is 1.63. The molecule has 4 nitrogen and oxygen atoms in total. The van der Waals surface area contributed by atoms with Crippen LogP contribution in [-0.2, 0) is 6.42 Å². The summed E-state index contributed by atoms with van der Waals surface area (Å²) < 4.78 is 0.566. The number of carbonyl (C=O) groups is 1. The highest BCUT2D eigenvalue weighted by atomic mass is 79.9. The summed E-state index contributed by atoms with van der Waals surface area (Å²) in [5.74, 6) is -1.47. The van der Waals surface area contributed by atoms with Gasteiger partial charge in [-0.1, -0.05) is 15.9 Å². The van der Waals surface area contributed by atoms with Crippen molar-refractivity contribution >= 4 is 21.9 Å². The highest BCUT2D eigenvalue weighted by Crippen LogP contribution is 2.27. The average molecular weight is 261 g/mol. The second-order valence-electron chi connectivity index (χ2n) is 2.74. The monoisotopic (exact) mass is 260 g/mol. The zero-order valence-electron chi connectivity index (χ0n) is 7.20. The molecule has 0 aromatic heterocycles. The molecule has 0 spiro atoms. The molecule has 0 fully saturated rings. The largest absolute Gasteiger partial charge is 0.507 e. The Balaban J connectivity index is 3.24. The van der Waals surface area contributed by atoms with Crippen LogP contribution in [0, 0.1) is 0 Å². The Bertz CT molecular complexity index is 362. The maximum atomic E-state index is 10.7. The van der Waals surface area contributed by atoms with E-state index in [0.717, 1.165) is 0 Å². The van der Waals surface area contributed by atoms with Gasteiger partial charge in [0.15, 0.2) is 0 Å². The van der Waals surface area contributed by atoms with Crippen molar-refractivity contribution < 1.29 is 20.1 Å². The molecule has 3 N–H and O–H groups in total. The van der Waals surface area contributed by atoms with Crippen molar-refractivity contribution in [2.75, 3.05) is 6.61 Å². The molecule has 0 heterocycles. The van der Waals surface area contributed by atoms with Crippen molar-refractivity contribution in [1.82, 2.24) is 0 Å². The van der Waals surface area contributed by atoms with Crippen molar-refractivity contribution in [3.63, 3.8) is 0 Å². The van der Waals surface area contributed by atoms with E-state index in [2.05, 4.69) is 15.9 Å². The predicted molar refractivity (Wildman–Crippen MR) is 53.6 cm³/mol. The average Bonchev–Trinajstić information content (AvgIpc) is 2.10. The first-order chi connectivity index (χ1) is 6.56. The van der Waals surface area contributed by atoms with Crippen molar-refractivity contribution in [3.05, 3.63) is 27.7 Å². The molecule has 0 unspecified atom stereocenters. The lowest BCUT2D eigenvalue weighted by Crippen LogP contribution is -2.01. The number of hydrogen-bond acceptors (Lipinski definition) is 3. The number of carboxylic acids is 1. The van der Waals surface area contributed by atoms with E-state index < -0.39 is 5.97 Å². The van der Waals surface area contributed by atoms with E-state index >= 15 is 0 Å². The lowest BCUT2D eigenvalue weighted by molar-refractivity contribution is 0.0693. The first-order valence-electron chi connectivity index (χ1n) is 3.91. The van der Waals surface area contributed by atoms with Gasteiger partial charge in [-0.05, 0) is 24.1 Å². The van der Waals surface area contributed by atoms with Gasteiger partial charge in [0.2, 0.25) is 0 Å². The first-order valence-corrected chi connectivity index (χ1v) is 4.71. The van der Waals surface area contributed by atoms with E-state index in [-0.39, 0.29) is 24.3 Å². The molecule has 0 amide bonds. The van der Waals surface area contributed by atoms with E-state index in [1.54, 1.807) is 6.07 Å². The van der Waals surface area contributed by atoms with Crippen LogP contribution in [0.15, 0.2) is 16.6 Å². The summed E-state index contributed by atoms with van der Waals surface area (Å²) in [6.45, 7) is -0.136. The number of hydrogen-bond donors (Lipinski definition) is 3. The SMILES string of the molecule is O=C(O)c1cc(Br)cc(CCO)c1O. The third kappa shape index (κ3) is 2.24. The van der Waals surface area contributed by atoms with Gasteiger partial charge in [-0.15, -0.1) is 0 Å². The summed E-state index contributed by atoms with van der Waals surface area (Å²) in [6, 6.07) is 2.90. The van der Waals surface area contributed by atoms with Crippen molar-refractivity contribution in [1.29, 1.82) is 0 Å². The first kappa shape index (κ1) is 11.0. The Hall–Kier alpha value is -1.07. The van der Waals surface area contributed by atoms with Gasteiger partial charge in [0.05, 0.1) is 0 Å². The lowest BCUT2D eigenvalue weighted by atomic mass is 10.1. The Morgan fingerprint density at radius 2 is 2.07 bits per heavy atom. The molecule has 0 radical (unpaired) electrons. The normalized spacial score (nSPS) is 10.1. The molecular formula is C9H9BrO4. The van der Waals surface area contributed by atoms with Crippen molar-refractivity contribution in [2.24, 2.45) is 0 Å². The zero-order chi connectivity index (χ0) is 10.7. The maximum Gasteiger partial charge on any atom is 0.339 e. The topological polar surface area (TPSA) is 77.8 Å². The zero-order valence-corrected chi connectivity index (χ0v) is 8.78. The number of aliphatic hydroxyl groups is 1. The minimum atomic E-state index is -1.19. The Morgan fingerprint density at radius 1 is 1.43 bits per heavy atom. The lowest BCUT2D eigenvalue weighted by Gasteiger charge is -2.06. The van der Waals surface area contributed by atoms with E-state index in [1.807, 2.05) is 0 Å². The van der Waals surface area contributed by atoms with Crippen LogP contribution < -0.4 is 0 Å². The number of aromatic carboxylic acids is 1. The van der Waals surface area contributed by atoms with Crippen LogP contribution in [0.25, 0.3) is 0 Å². The van der Waals surface area contributed by atoms with Crippen LogP contribution in [-0.4, -0.2) is 27.9 Å². The minimum Gasteiger partial charge on any atom is -0.507 e. The minimum absolute atomic E-state index is 0.136. The third-order valence-electron chi connectivity index (χ3n) is 1.77. The highest BCUT2D eigenvalue weighted by Gasteiger charge is 2.14. The summed E-state index contributed by atoms with van der Waals surface area (Å²) in [4.78, 5) is 10.7. The second-order valence-corrected chi connectivity index (χ2v) is 3.66. The van der Waals surface area contributed by atoms with Gasteiger partial charge >= 0.3 is 5.97 Å². The Kier molecular flexibility index (Phi) is 3.49. The van der Waals surface area contributed by atoms with Gasteiger partial charge in [0, 0.05) is 11.1 Å². The molecule has 1 aromatic carbocycles. The Morgan fingerprint density at radius 3 is 2.57 bits per heavy atom. The van der Waals surface area contributed by atoms with Gasteiger partial charge in [-0.25, -0.2) is 4.79 Å². The summed E-state index contributed by atoms with van der Waals surface area (Å²) in [5, 5.41) is 26.9. The number of aromatic hydroxyl groups is 1. The molecule has 0 bridgehead atoms. The fourth-order valence-electron chi connectivity index (χ4n) is 1.13. The molecule has 0 aliphatic heterocycles. The highest BCUT2D eigenvalue weighted by molar-refractivity contribution is 9.10. The van der Waals surface area contributed by atoms with E-state index in [1.165, 1.54) is 6.07 Å². The molecular weight excluding hydrogens is 252 g/mol. The summed E-state index contributed by atoms with van der Waals surface area (Å²) in [5.41, 5.74) is 0.252. The molecule has 0 aliphatic carbocycles. The van der Waals surface area contributed by atoms with E-state index in [4.69, 9.17) is 10.2 Å². The summed E-state index contributed by atoms with van der Waals surface area (Å²) >= 11 is 3.13. The molecule has 0 saturated carbocycles. The number of carboxylic acid groups (broad SMARTS) is 1. The van der Waals surface area contributed by atoms with Crippen LogP contribution in [0.2, 0.25) is 0 Å². The van der Waals surface area contributed by atoms with Crippen LogP contribution >= 0.6 is 15.9 Å².